The van der Waals surface area contributed by atoms with Crippen LogP contribution in [0.1, 0.15) is 16.1 Å². The summed E-state index contributed by atoms with van der Waals surface area (Å²) in [5, 5.41) is 8.04. The van der Waals surface area contributed by atoms with E-state index in [1.54, 1.807) is 37.3 Å². The minimum Gasteiger partial charge on any atom is -0.497 e. The van der Waals surface area contributed by atoms with Gasteiger partial charge in [0.15, 0.2) is 5.69 Å². The van der Waals surface area contributed by atoms with E-state index in [-0.39, 0.29) is 17.4 Å². The fraction of sp³-hybridized carbons (Fsp3) is 0.286. The van der Waals surface area contributed by atoms with Crippen LogP contribution in [-0.4, -0.2) is 59.1 Å². The smallest absolute Gasteiger partial charge is 0.276 e. The highest BCUT2D eigenvalue weighted by Gasteiger charge is 2.24. The predicted octanol–water partition coefficient (Wildman–Crippen LogP) is 2.69. The van der Waals surface area contributed by atoms with Gasteiger partial charge in [0.05, 0.1) is 19.0 Å². The fourth-order valence-corrected chi connectivity index (χ4v) is 3.40. The van der Waals surface area contributed by atoms with E-state index in [0.29, 0.717) is 24.3 Å². The Morgan fingerprint density at radius 3 is 2.59 bits per heavy atom. The maximum atomic E-state index is 13.5. The number of carbonyl (C=O) groups excluding carboxylic acids is 1. The highest BCUT2D eigenvalue weighted by molar-refractivity contribution is 5.92. The summed E-state index contributed by atoms with van der Waals surface area (Å²) < 4.78 is 20.2. The summed E-state index contributed by atoms with van der Waals surface area (Å²) in [6.45, 7) is 4.33. The number of hydrogen-bond donors (Lipinski definition) is 0. The van der Waals surface area contributed by atoms with E-state index in [1.165, 1.54) is 10.7 Å². The minimum atomic E-state index is -0.279. The maximum Gasteiger partial charge on any atom is 0.276 e. The number of carbonyl (C=O) groups is 1. The number of rotatable bonds is 4. The van der Waals surface area contributed by atoms with Crippen molar-refractivity contribution in [1.29, 1.82) is 0 Å². The van der Waals surface area contributed by atoms with E-state index in [0.717, 1.165) is 24.5 Å². The molecule has 1 aromatic heterocycles. The highest BCUT2D eigenvalue weighted by atomic mass is 19.1. The molecule has 1 saturated heterocycles. The zero-order chi connectivity index (χ0) is 20.4. The molecule has 0 radical (unpaired) electrons. The van der Waals surface area contributed by atoms with Crippen LogP contribution in [0.15, 0.2) is 48.7 Å². The quantitative estimate of drug-likeness (QED) is 0.680. The van der Waals surface area contributed by atoms with Crippen molar-refractivity contribution in [3.05, 3.63) is 65.7 Å². The van der Waals surface area contributed by atoms with E-state index in [2.05, 4.69) is 15.2 Å². The molecule has 1 amide bonds. The Bertz CT molecular complexity index is 1030. The molecule has 0 saturated carbocycles. The van der Waals surface area contributed by atoms with Crippen molar-refractivity contribution in [1.82, 2.24) is 19.9 Å². The molecule has 0 unspecified atom stereocenters. The van der Waals surface area contributed by atoms with Crippen LogP contribution >= 0.6 is 0 Å². The number of anilines is 1. The third-order valence-electron chi connectivity index (χ3n) is 5.10. The SMILES string of the molecule is COc1cccc(N2CCN(C(=O)c3cn(-c4ccc(F)c(C)c4)nn3)CC2)c1. The lowest BCUT2D eigenvalue weighted by atomic mass is 10.2. The summed E-state index contributed by atoms with van der Waals surface area (Å²) in [5.41, 5.74) is 2.54. The monoisotopic (exact) mass is 395 g/mol. The number of hydrogen-bond acceptors (Lipinski definition) is 5. The van der Waals surface area contributed by atoms with Gasteiger partial charge in [0.25, 0.3) is 5.91 Å². The highest BCUT2D eigenvalue weighted by Crippen LogP contribution is 2.22. The third-order valence-corrected chi connectivity index (χ3v) is 5.10. The molecular formula is C21H22FN5O2. The fourth-order valence-electron chi connectivity index (χ4n) is 3.40. The maximum absolute atomic E-state index is 13.5. The summed E-state index contributed by atoms with van der Waals surface area (Å²) in [4.78, 5) is 16.8. The molecule has 3 aromatic rings. The summed E-state index contributed by atoms with van der Waals surface area (Å²) in [5.74, 6) is 0.382. The molecule has 29 heavy (non-hydrogen) atoms. The Morgan fingerprint density at radius 2 is 1.86 bits per heavy atom. The minimum absolute atomic E-state index is 0.152. The molecule has 0 N–H and O–H groups in total. The second kappa shape index (κ2) is 7.90. The van der Waals surface area contributed by atoms with Crippen LogP contribution in [0.25, 0.3) is 5.69 Å². The van der Waals surface area contributed by atoms with Crippen LogP contribution in [0, 0.1) is 12.7 Å². The first-order chi connectivity index (χ1) is 14.0. The molecule has 0 bridgehead atoms. The van der Waals surface area contributed by atoms with E-state index < -0.39 is 0 Å². The van der Waals surface area contributed by atoms with Gasteiger partial charge in [-0.3, -0.25) is 4.79 Å². The molecule has 0 aliphatic carbocycles. The summed E-state index contributed by atoms with van der Waals surface area (Å²) in [6.07, 6.45) is 1.59. The molecule has 4 rings (SSSR count). The van der Waals surface area contributed by atoms with Crippen molar-refractivity contribution in [2.24, 2.45) is 0 Å². The number of benzene rings is 2. The van der Waals surface area contributed by atoms with Crippen molar-refractivity contribution < 1.29 is 13.9 Å². The Hall–Kier alpha value is -3.42. The lowest BCUT2D eigenvalue weighted by Crippen LogP contribution is -2.48. The molecule has 1 fully saturated rings. The van der Waals surface area contributed by atoms with Crippen LogP contribution in [0.2, 0.25) is 0 Å². The zero-order valence-corrected chi connectivity index (χ0v) is 16.4. The summed E-state index contributed by atoms with van der Waals surface area (Å²) in [6, 6.07) is 12.6. The molecule has 1 aliphatic heterocycles. The lowest BCUT2D eigenvalue weighted by Gasteiger charge is -2.35. The Balaban J connectivity index is 1.42. The number of nitrogens with zero attached hydrogens (tertiary/aromatic N) is 5. The standard InChI is InChI=1S/C21H22FN5O2/c1-15-12-17(6-7-19(15)22)27-14-20(23-24-27)21(28)26-10-8-25(9-11-26)16-4-3-5-18(13-16)29-2/h3-7,12-14H,8-11H2,1-2H3. The van der Waals surface area contributed by atoms with Gasteiger partial charge < -0.3 is 14.5 Å². The largest absolute Gasteiger partial charge is 0.497 e. The Kier molecular flexibility index (Phi) is 5.16. The average Bonchev–Trinajstić information content (AvgIpc) is 3.25. The van der Waals surface area contributed by atoms with Gasteiger partial charge in [-0.25, -0.2) is 9.07 Å². The third kappa shape index (κ3) is 3.91. The number of aromatic nitrogens is 3. The van der Waals surface area contributed by atoms with Crippen LogP contribution in [0.4, 0.5) is 10.1 Å². The molecule has 150 valence electrons. The van der Waals surface area contributed by atoms with E-state index in [4.69, 9.17) is 4.74 Å². The van der Waals surface area contributed by atoms with Crippen LogP contribution in [-0.2, 0) is 0 Å². The van der Waals surface area contributed by atoms with Gasteiger partial charge in [-0.15, -0.1) is 5.10 Å². The Morgan fingerprint density at radius 1 is 1.07 bits per heavy atom. The van der Waals surface area contributed by atoms with Crippen LogP contribution in [0.5, 0.6) is 5.75 Å². The van der Waals surface area contributed by atoms with Gasteiger partial charge in [-0.2, -0.15) is 0 Å². The normalized spacial score (nSPS) is 14.2. The van der Waals surface area contributed by atoms with Crippen molar-refractivity contribution in [2.75, 3.05) is 38.2 Å². The number of methoxy groups -OCH3 is 1. The van der Waals surface area contributed by atoms with E-state index >= 15 is 0 Å². The van der Waals surface area contributed by atoms with Gasteiger partial charge in [0.2, 0.25) is 0 Å². The second-order valence-corrected chi connectivity index (χ2v) is 6.96. The van der Waals surface area contributed by atoms with E-state index in [1.807, 2.05) is 24.3 Å². The topological polar surface area (TPSA) is 63.5 Å². The average molecular weight is 395 g/mol. The van der Waals surface area contributed by atoms with Crippen molar-refractivity contribution in [2.45, 2.75) is 6.92 Å². The van der Waals surface area contributed by atoms with Crippen molar-refractivity contribution in [3.63, 3.8) is 0 Å². The first-order valence-electron chi connectivity index (χ1n) is 9.42. The van der Waals surface area contributed by atoms with Gasteiger partial charge in [-0.1, -0.05) is 11.3 Å². The number of amides is 1. The molecule has 2 heterocycles. The van der Waals surface area contributed by atoms with Crippen molar-refractivity contribution >= 4 is 11.6 Å². The number of piperazine rings is 1. The zero-order valence-electron chi connectivity index (χ0n) is 16.4. The molecular weight excluding hydrogens is 373 g/mol. The molecule has 8 heteroatoms. The second-order valence-electron chi connectivity index (χ2n) is 6.96. The number of ether oxygens (including phenoxy) is 1. The molecule has 7 nitrogen and oxygen atoms in total. The molecule has 1 aliphatic rings. The predicted molar refractivity (Wildman–Crippen MR) is 107 cm³/mol. The molecule has 0 atom stereocenters. The van der Waals surface area contributed by atoms with Crippen molar-refractivity contribution in [3.8, 4) is 11.4 Å². The number of halogens is 1. The molecule has 0 spiro atoms. The summed E-state index contributed by atoms with van der Waals surface area (Å²) in [7, 11) is 1.65. The van der Waals surface area contributed by atoms with Gasteiger partial charge in [0, 0.05) is 37.9 Å². The van der Waals surface area contributed by atoms with E-state index in [9.17, 15) is 9.18 Å². The first kappa shape index (κ1) is 18.9. The van der Waals surface area contributed by atoms with Crippen LogP contribution < -0.4 is 9.64 Å². The Labute approximate surface area is 168 Å². The number of aryl methyl sites for hydroxylation is 1. The van der Waals surface area contributed by atoms with Crippen LogP contribution in [0.3, 0.4) is 0 Å². The van der Waals surface area contributed by atoms with Gasteiger partial charge in [0.1, 0.15) is 11.6 Å². The first-order valence-corrected chi connectivity index (χ1v) is 9.42. The summed E-state index contributed by atoms with van der Waals surface area (Å²) >= 11 is 0. The molecule has 2 aromatic carbocycles. The van der Waals surface area contributed by atoms with Gasteiger partial charge >= 0.3 is 0 Å². The lowest BCUT2D eigenvalue weighted by molar-refractivity contribution is 0.0740. The van der Waals surface area contributed by atoms with Gasteiger partial charge in [-0.05, 0) is 42.8 Å².